The number of benzene rings is 1. The molecular weight excluding hydrogens is 250 g/mol. The van der Waals surface area contributed by atoms with Gasteiger partial charge in [-0.25, -0.2) is 8.42 Å². The van der Waals surface area contributed by atoms with E-state index >= 15 is 0 Å². The summed E-state index contributed by atoms with van der Waals surface area (Å²) in [7, 11) is -3.41. The minimum absolute atomic E-state index is 0.0579. The molecule has 0 aromatic heterocycles. The van der Waals surface area contributed by atoms with Crippen LogP contribution in [-0.2, 0) is 10.0 Å². The maximum atomic E-state index is 12.4. The van der Waals surface area contributed by atoms with E-state index in [1.807, 2.05) is 6.92 Å². The second-order valence-corrected chi connectivity index (χ2v) is 6.58. The number of nitrogens with zero attached hydrogens (tertiary/aromatic N) is 1. The zero-order valence-corrected chi connectivity index (χ0v) is 11.4. The largest absolute Gasteiger partial charge is 0.295 e. The monoisotopic (exact) mass is 267 g/mol. The van der Waals surface area contributed by atoms with Gasteiger partial charge in [0, 0.05) is 18.2 Å². The lowest BCUT2D eigenvalue weighted by Crippen LogP contribution is -2.33. The van der Waals surface area contributed by atoms with Gasteiger partial charge in [-0.05, 0) is 38.8 Å². The number of sulfonamides is 1. The molecule has 1 aliphatic rings. The first-order valence-electron chi connectivity index (χ1n) is 6.06. The molecule has 0 spiro atoms. The van der Waals surface area contributed by atoms with E-state index in [1.165, 1.54) is 23.4 Å². The van der Waals surface area contributed by atoms with Crippen LogP contribution in [0.2, 0.25) is 0 Å². The summed E-state index contributed by atoms with van der Waals surface area (Å²) in [6.07, 6.45) is 1.82. The molecule has 1 saturated heterocycles. The maximum Gasteiger partial charge on any atom is 0.243 e. The molecule has 2 rings (SSSR count). The van der Waals surface area contributed by atoms with Gasteiger partial charge in [-0.2, -0.15) is 4.31 Å². The SMILES string of the molecule is CC(=O)c1ccc(S(=O)(=O)N2CCC[C@H]2C)cc1. The molecule has 1 heterocycles. The van der Waals surface area contributed by atoms with E-state index in [1.54, 1.807) is 12.1 Å². The molecular formula is C13H17NO3S. The molecule has 0 aliphatic carbocycles. The van der Waals surface area contributed by atoms with Crippen LogP contribution >= 0.6 is 0 Å². The van der Waals surface area contributed by atoms with Crippen molar-refractivity contribution in [2.45, 2.75) is 37.6 Å². The molecule has 1 aliphatic heterocycles. The Morgan fingerprint density at radius 1 is 1.28 bits per heavy atom. The second kappa shape index (κ2) is 4.82. The molecule has 5 heteroatoms. The third kappa shape index (κ3) is 2.33. The Morgan fingerprint density at radius 3 is 2.33 bits per heavy atom. The Bertz CT molecular complexity index is 548. The summed E-state index contributed by atoms with van der Waals surface area (Å²) in [6, 6.07) is 6.21. The Labute approximate surface area is 108 Å². The predicted molar refractivity (Wildman–Crippen MR) is 69.0 cm³/mol. The molecule has 0 N–H and O–H groups in total. The number of carbonyl (C=O) groups is 1. The van der Waals surface area contributed by atoms with E-state index in [9.17, 15) is 13.2 Å². The summed E-state index contributed by atoms with van der Waals surface area (Å²) in [5, 5.41) is 0. The van der Waals surface area contributed by atoms with Gasteiger partial charge in [-0.15, -0.1) is 0 Å². The van der Waals surface area contributed by atoms with Gasteiger partial charge in [0.05, 0.1) is 4.90 Å². The Balaban J connectivity index is 2.33. The van der Waals surface area contributed by atoms with Crippen LogP contribution in [0, 0.1) is 0 Å². The zero-order chi connectivity index (χ0) is 13.3. The van der Waals surface area contributed by atoms with E-state index in [0.717, 1.165) is 12.8 Å². The quantitative estimate of drug-likeness (QED) is 0.788. The highest BCUT2D eigenvalue weighted by Gasteiger charge is 2.32. The maximum absolute atomic E-state index is 12.4. The van der Waals surface area contributed by atoms with Crippen LogP contribution in [0.4, 0.5) is 0 Å². The van der Waals surface area contributed by atoms with Crippen LogP contribution in [0.15, 0.2) is 29.2 Å². The topological polar surface area (TPSA) is 54.5 Å². The molecule has 0 saturated carbocycles. The molecule has 0 amide bonds. The lowest BCUT2D eigenvalue weighted by molar-refractivity contribution is 0.101. The molecule has 4 nitrogen and oxygen atoms in total. The third-order valence-corrected chi connectivity index (χ3v) is 5.39. The third-order valence-electron chi connectivity index (χ3n) is 3.36. The number of carbonyl (C=O) groups excluding carboxylic acids is 1. The molecule has 18 heavy (non-hydrogen) atoms. The average Bonchev–Trinajstić information content (AvgIpc) is 2.76. The van der Waals surface area contributed by atoms with Crippen molar-refractivity contribution in [1.29, 1.82) is 0 Å². The molecule has 0 bridgehead atoms. The van der Waals surface area contributed by atoms with E-state index in [2.05, 4.69) is 0 Å². The lowest BCUT2D eigenvalue weighted by Gasteiger charge is -2.20. The minimum Gasteiger partial charge on any atom is -0.295 e. The highest BCUT2D eigenvalue weighted by molar-refractivity contribution is 7.89. The first kappa shape index (κ1) is 13.2. The van der Waals surface area contributed by atoms with Crippen LogP contribution in [0.25, 0.3) is 0 Å². The molecule has 1 aromatic carbocycles. The van der Waals surface area contributed by atoms with E-state index in [0.29, 0.717) is 12.1 Å². The van der Waals surface area contributed by atoms with Gasteiger partial charge in [0.2, 0.25) is 10.0 Å². The highest BCUT2D eigenvalue weighted by Crippen LogP contribution is 2.25. The molecule has 0 unspecified atom stereocenters. The minimum atomic E-state index is -3.41. The fraction of sp³-hybridized carbons (Fsp3) is 0.462. The van der Waals surface area contributed by atoms with Gasteiger partial charge in [0.15, 0.2) is 5.78 Å². The van der Waals surface area contributed by atoms with E-state index in [4.69, 9.17) is 0 Å². The molecule has 1 aromatic rings. The van der Waals surface area contributed by atoms with Gasteiger partial charge in [0.1, 0.15) is 0 Å². The van der Waals surface area contributed by atoms with Crippen molar-refractivity contribution in [3.05, 3.63) is 29.8 Å². The van der Waals surface area contributed by atoms with Gasteiger partial charge in [-0.1, -0.05) is 12.1 Å². The van der Waals surface area contributed by atoms with Crippen molar-refractivity contribution < 1.29 is 13.2 Å². The summed E-state index contributed by atoms with van der Waals surface area (Å²) >= 11 is 0. The summed E-state index contributed by atoms with van der Waals surface area (Å²) < 4.78 is 26.3. The highest BCUT2D eigenvalue weighted by atomic mass is 32.2. The lowest BCUT2D eigenvalue weighted by atomic mass is 10.2. The fourth-order valence-electron chi connectivity index (χ4n) is 2.26. The number of hydrogen-bond donors (Lipinski definition) is 0. The summed E-state index contributed by atoms with van der Waals surface area (Å²) in [5.41, 5.74) is 0.531. The van der Waals surface area contributed by atoms with Crippen molar-refractivity contribution >= 4 is 15.8 Å². The Kier molecular flexibility index (Phi) is 3.54. The van der Waals surface area contributed by atoms with Gasteiger partial charge < -0.3 is 0 Å². The number of hydrogen-bond acceptors (Lipinski definition) is 3. The number of rotatable bonds is 3. The number of Topliss-reactive ketones (excluding diaryl/α,β-unsaturated/α-hetero) is 1. The van der Waals surface area contributed by atoms with Crippen molar-refractivity contribution in [3.8, 4) is 0 Å². The van der Waals surface area contributed by atoms with Gasteiger partial charge in [0.25, 0.3) is 0 Å². The Morgan fingerprint density at radius 2 is 1.89 bits per heavy atom. The van der Waals surface area contributed by atoms with Gasteiger partial charge >= 0.3 is 0 Å². The van der Waals surface area contributed by atoms with Crippen molar-refractivity contribution in [1.82, 2.24) is 4.31 Å². The van der Waals surface area contributed by atoms with Crippen LogP contribution in [0.1, 0.15) is 37.0 Å². The molecule has 0 radical (unpaired) electrons. The number of ketones is 1. The molecule has 98 valence electrons. The van der Waals surface area contributed by atoms with Crippen molar-refractivity contribution in [2.24, 2.45) is 0 Å². The summed E-state index contributed by atoms with van der Waals surface area (Å²) in [5.74, 6) is -0.0616. The predicted octanol–water partition coefficient (Wildman–Crippen LogP) is 2.06. The molecule has 1 fully saturated rings. The van der Waals surface area contributed by atoms with Crippen LogP contribution in [0.3, 0.4) is 0 Å². The van der Waals surface area contributed by atoms with Crippen molar-refractivity contribution in [3.63, 3.8) is 0 Å². The van der Waals surface area contributed by atoms with E-state index < -0.39 is 10.0 Å². The van der Waals surface area contributed by atoms with Gasteiger partial charge in [-0.3, -0.25) is 4.79 Å². The first-order chi connectivity index (χ1) is 8.43. The smallest absolute Gasteiger partial charge is 0.243 e. The van der Waals surface area contributed by atoms with E-state index in [-0.39, 0.29) is 16.7 Å². The zero-order valence-electron chi connectivity index (χ0n) is 10.6. The second-order valence-electron chi connectivity index (χ2n) is 4.69. The standard InChI is InChI=1S/C13H17NO3S/c1-10-4-3-9-14(10)18(16,17)13-7-5-12(6-8-13)11(2)15/h5-8,10H,3-4,9H2,1-2H3/t10-/m1/s1. The fourth-order valence-corrected chi connectivity index (χ4v) is 3.96. The average molecular weight is 267 g/mol. The summed E-state index contributed by atoms with van der Waals surface area (Å²) in [4.78, 5) is 11.4. The first-order valence-corrected chi connectivity index (χ1v) is 7.50. The van der Waals surface area contributed by atoms with Crippen LogP contribution in [0.5, 0.6) is 0 Å². The molecule has 1 atom stereocenters. The van der Waals surface area contributed by atoms with Crippen molar-refractivity contribution in [2.75, 3.05) is 6.54 Å². The normalized spacial score (nSPS) is 21.1. The summed E-state index contributed by atoms with van der Waals surface area (Å²) in [6.45, 7) is 3.97. The van der Waals surface area contributed by atoms with Crippen LogP contribution in [-0.4, -0.2) is 31.1 Å². The Hall–Kier alpha value is -1.20. The van der Waals surface area contributed by atoms with Crippen LogP contribution < -0.4 is 0 Å².